The van der Waals surface area contributed by atoms with Gasteiger partial charge >= 0.3 is 0 Å². The van der Waals surface area contributed by atoms with Gasteiger partial charge in [0.1, 0.15) is 0 Å². The summed E-state index contributed by atoms with van der Waals surface area (Å²) in [6.07, 6.45) is 1.89. The van der Waals surface area contributed by atoms with E-state index in [1.54, 1.807) is 6.07 Å². The summed E-state index contributed by atoms with van der Waals surface area (Å²) in [4.78, 5) is 22.5. The van der Waals surface area contributed by atoms with Gasteiger partial charge in [0.05, 0.1) is 11.3 Å². The second kappa shape index (κ2) is 3.25. The molecule has 2 rings (SSSR count). The van der Waals surface area contributed by atoms with Gasteiger partial charge in [0, 0.05) is 0 Å². The number of anilines is 1. The number of benzene rings is 1. The van der Waals surface area contributed by atoms with Crippen molar-refractivity contribution in [3.63, 3.8) is 0 Å². The van der Waals surface area contributed by atoms with Gasteiger partial charge in [-0.1, -0.05) is 25.5 Å². The number of hydrogen-bond acceptors (Lipinski definition) is 2. The summed E-state index contributed by atoms with van der Waals surface area (Å²) >= 11 is 0. The third-order valence-corrected chi connectivity index (χ3v) is 2.36. The average Bonchev–Trinajstić information content (AvgIpc) is 2.46. The van der Waals surface area contributed by atoms with Crippen LogP contribution in [0.15, 0.2) is 18.2 Å². The molecule has 14 heavy (non-hydrogen) atoms. The molecule has 1 heterocycles. The van der Waals surface area contributed by atoms with E-state index in [1.807, 2.05) is 12.1 Å². The van der Waals surface area contributed by atoms with E-state index in [1.165, 1.54) is 0 Å². The molecular weight excluding hydrogens is 178 g/mol. The Labute approximate surface area is 82.1 Å². The Kier molecular flexibility index (Phi) is 2.08. The van der Waals surface area contributed by atoms with E-state index in [0.29, 0.717) is 11.3 Å². The van der Waals surface area contributed by atoms with Crippen molar-refractivity contribution < 1.29 is 9.59 Å². The first kappa shape index (κ1) is 8.94. The molecule has 1 N–H and O–H groups in total. The van der Waals surface area contributed by atoms with Crippen molar-refractivity contribution in [2.75, 3.05) is 5.32 Å². The van der Waals surface area contributed by atoms with E-state index in [4.69, 9.17) is 0 Å². The Hall–Kier alpha value is -1.64. The fourth-order valence-corrected chi connectivity index (χ4v) is 1.71. The second-order valence-corrected chi connectivity index (χ2v) is 3.37. The van der Waals surface area contributed by atoms with Crippen LogP contribution in [0.3, 0.4) is 0 Å². The molecule has 0 fully saturated rings. The molecule has 3 nitrogen and oxygen atoms in total. The number of carbonyl (C=O) groups is 2. The van der Waals surface area contributed by atoms with Gasteiger partial charge in [0.15, 0.2) is 0 Å². The predicted molar refractivity (Wildman–Crippen MR) is 53.4 cm³/mol. The normalized spacial score (nSPS) is 14.1. The molecule has 0 spiro atoms. The van der Waals surface area contributed by atoms with Gasteiger partial charge in [0.2, 0.25) is 0 Å². The largest absolute Gasteiger partial charge is 0.318 e. The van der Waals surface area contributed by atoms with Gasteiger partial charge in [-0.2, -0.15) is 0 Å². The van der Waals surface area contributed by atoms with E-state index in [2.05, 4.69) is 12.2 Å². The maximum atomic E-state index is 11.3. The van der Waals surface area contributed by atoms with E-state index in [0.717, 1.165) is 18.4 Å². The van der Waals surface area contributed by atoms with Crippen LogP contribution in [0.5, 0.6) is 0 Å². The zero-order valence-electron chi connectivity index (χ0n) is 7.96. The number of ketones is 1. The van der Waals surface area contributed by atoms with Crippen molar-refractivity contribution in [3.8, 4) is 0 Å². The van der Waals surface area contributed by atoms with Crippen LogP contribution in [0.4, 0.5) is 5.69 Å². The third kappa shape index (κ3) is 1.21. The minimum absolute atomic E-state index is 0.419. The highest BCUT2D eigenvalue weighted by Gasteiger charge is 2.28. The Balaban J connectivity index is 2.50. The molecule has 0 bridgehead atoms. The molecular formula is C11H11NO2. The summed E-state index contributed by atoms with van der Waals surface area (Å²) < 4.78 is 0. The predicted octanol–water partition coefficient (Wildman–Crippen LogP) is 1.77. The van der Waals surface area contributed by atoms with Crippen molar-refractivity contribution in [1.29, 1.82) is 0 Å². The second-order valence-electron chi connectivity index (χ2n) is 3.37. The monoisotopic (exact) mass is 189 g/mol. The smallest absolute Gasteiger partial charge is 0.296 e. The molecule has 0 aliphatic carbocycles. The summed E-state index contributed by atoms with van der Waals surface area (Å²) in [7, 11) is 0. The molecule has 1 aliphatic heterocycles. The zero-order chi connectivity index (χ0) is 10.1. The first-order valence-corrected chi connectivity index (χ1v) is 4.71. The first-order valence-electron chi connectivity index (χ1n) is 4.71. The molecule has 0 atom stereocenters. The van der Waals surface area contributed by atoms with E-state index < -0.39 is 11.7 Å². The number of nitrogens with one attached hydrogen (secondary N) is 1. The molecule has 3 heteroatoms. The number of aryl methyl sites for hydroxylation is 1. The van der Waals surface area contributed by atoms with Crippen molar-refractivity contribution in [2.45, 2.75) is 19.8 Å². The van der Waals surface area contributed by atoms with Crippen molar-refractivity contribution in [1.82, 2.24) is 0 Å². The molecule has 1 aliphatic rings. The molecule has 0 saturated carbocycles. The van der Waals surface area contributed by atoms with Crippen LogP contribution >= 0.6 is 0 Å². The summed E-state index contributed by atoms with van der Waals surface area (Å²) in [5.41, 5.74) is 2.27. The van der Waals surface area contributed by atoms with Crippen molar-refractivity contribution in [2.24, 2.45) is 0 Å². The van der Waals surface area contributed by atoms with Gasteiger partial charge in [-0.3, -0.25) is 9.59 Å². The maximum absolute atomic E-state index is 11.3. The Morgan fingerprint density at radius 2 is 2.07 bits per heavy atom. The molecule has 1 aromatic rings. The van der Waals surface area contributed by atoms with Crippen molar-refractivity contribution >= 4 is 17.4 Å². The number of para-hydroxylation sites is 1. The average molecular weight is 189 g/mol. The lowest BCUT2D eigenvalue weighted by molar-refractivity contribution is -0.112. The Morgan fingerprint density at radius 3 is 2.79 bits per heavy atom. The summed E-state index contributed by atoms with van der Waals surface area (Å²) in [5, 5.41) is 2.61. The quantitative estimate of drug-likeness (QED) is 0.721. The van der Waals surface area contributed by atoms with Gasteiger partial charge in [-0.15, -0.1) is 0 Å². The molecule has 0 radical (unpaired) electrons. The highest BCUT2D eigenvalue weighted by molar-refractivity contribution is 6.51. The molecule has 72 valence electrons. The van der Waals surface area contributed by atoms with E-state index in [-0.39, 0.29) is 0 Å². The van der Waals surface area contributed by atoms with Crippen LogP contribution in [0.2, 0.25) is 0 Å². The number of hydrogen-bond donors (Lipinski definition) is 1. The molecule has 0 saturated heterocycles. The number of amides is 1. The molecule has 1 aromatic carbocycles. The van der Waals surface area contributed by atoms with E-state index >= 15 is 0 Å². The van der Waals surface area contributed by atoms with Crippen LogP contribution in [0, 0.1) is 0 Å². The van der Waals surface area contributed by atoms with Gasteiger partial charge in [-0.25, -0.2) is 0 Å². The minimum Gasteiger partial charge on any atom is -0.318 e. The standard InChI is InChI=1S/C11H11NO2/c1-2-4-7-5-3-6-8-9(7)12-11(14)10(8)13/h3,5-6H,2,4H2,1H3,(H,12,13,14). The fraction of sp³-hybridized carbons (Fsp3) is 0.273. The highest BCUT2D eigenvalue weighted by Crippen LogP contribution is 2.27. The van der Waals surface area contributed by atoms with Crippen LogP contribution in [-0.4, -0.2) is 11.7 Å². The summed E-state index contributed by atoms with van der Waals surface area (Å²) in [5.74, 6) is -0.929. The molecule has 1 amide bonds. The fourth-order valence-electron chi connectivity index (χ4n) is 1.71. The van der Waals surface area contributed by atoms with E-state index in [9.17, 15) is 9.59 Å². The van der Waals surface area contributed by atoms with Gasteiger partial charge in [-0.05, 0) is 18.1 Å². The van der Waals surface area contributed by atoms with Crippen LogP contribution in [-0.2, 0) is 11.2 Å². The summed E-state index contributed by atoms with van der Waals surface area (Å²) in [6.45, 7) is 2.07. The first-order chi connectivity index (χ1) is 6.74. The van der Waals surface area contributed by atoms with Crippen LogP contribution in [0.1, 0.15) is 29.3 Å². The molecule has 0 aromatic heterocycles. The highest BCUT2D eigenvalue weighted by atomic mass is 16.2. The van der Waals surface area contributed by atoms with Gasteiger partial charge in [0.25, 0.3) is 11.7 Å². The Bertz CT molecular complexity index is 410. The number of fused-ring (bicyclic) bond motifs is 1. The molecule has 0 unspecified atom stereocenters. The Morgan fingerprint density at radius 1 is 1.29 bits per heavy atom. The van der Waals surface area contributed by atoms with Crippen LogP contribution < -0.4 is 5.32 Å². The van der Waals surface area contributed by atoms with Gasteiger partial charge < -0.3 is 5.32 Å². The topological polar surface area (TPSA) is 46.2 Å². The lowest BCUT2D eigenvalue weighted by atomic mass is 10.0. The third-order valence-electron chi connectivity index (χ3n) is 2.36. The lowest BCUT2D eigenvalue weighted by Crippen LogP contribution is -2.12. The van der Waals surface area contributed by atoms with Crippen LogP contribution in [0.25, 0.3) is 0 Å². The lowest BCUT2D eigenvalue weighted by Gasteiger charge is -2.04. The zero-order valence-corrected chi connectivity index (χ0v) is 7.96. The van der Waals surface area contributed by atoms with Crippen molar-refractivity contribution in [3.05, 3.63) is 29.3 Å². The SMILES string of the molecule is CCCc1cccc2c1NC(=O)C2=O. The number of Topliss-reactive ketones (excluding diaryl/α,β-unsaturated/α-hetero) is 1. The number of rotatable bonds is 2. The summed E-state index contributed by atoms with van der Waals surface area (Å²) in [6, 6.07) is 5.46. The maximum Gasteiger partial charge on any atom is 0.296 e. The number of carbonyl (C=O) groups excluding carboxylic acids is 2. The minimum atomic E-state index is -0.511.